The molecule has 1 nitrogen and oxygen atoms in total. The number of rotatable bonds is 6. The van der Waals surface area contributed by atoms with Crippen molar-refractivity contribution < 1.29 is 35.3 Å². The van der Waals surface area contributed by atoms with Crippen LogP contribution in [0.5, 0.6) is 0 Å². The normalized spacial score (nSPS) is 13.8. The molecular weight excluding hydrogens is 624 g/mol. The van der Waals surface area contributed by atoms with Gasteiger partial charge in [-0.1, -0.05) is 84.9 Å². The van der Waals surface area contributed by atoms with Gasteiger partial charge in [-0.25, -0.2) is 8.78 Å². The van der Waals surface area contributed by atoms with Gasteiger partial charge in [0, 0.05) is 10.6 Å². The maximum Gasteiger partial charge on any atom is 0.394 e. The topological polar surface area (TPSA) is 17.1 Å². The van der Waals surface area contributed by atoms with E-state index >= 15 is 13.3 Å². The van der Waals surface area contributed by atoms with Crippen molar-refractivity contribution in [2.75, 3.05) is 0 Å². The first-order valence-electron chi connectivity index (χ1n) is 14.5. The van der Waals surface area contributed by atoms with E-state index in [1.165, 1.54) is 24.3 Å². The Morgan fingerprint density at radius 2 is 0.739 bits per heavy atom. The van der Waals surface area contributed by atoms with Crippen LogP contribution >= 0.6 is 7.14 Å². The minimum Gasteiger partial charge on any atom is -0.307 e. The van der Waals surface area contributed by atoms with Crippen molar-refractivity contribution in [3.8, 4) is 0 Å². The summed E-state index contributed by atoms with van der Waals surface area (Å²) in [6, 6.07) is 30.6. The van der Waals surface area contributed by atoms with Gasteiger partial charge in [0.05, 0.1) is 6.42 Å². The lowest BCUT2D eigenvalue weighted by atomic mass is 9.94. The first-order chi connectivity index (χ1) is 21.7. The van der Waals surface area contributed by atoms with Gasteiger partial charge in [-0.3, -0.25) is 0 Å². The Morgan fingerprint density at radius 3 is 1.07 bits per heavy atom. The molecule has 0 atom stereocenters. The van der Waals surface area contributed by atoms with Crippen LogP contribution in [0.15, 0.2) is 109 Å². The molecule has 8 rings (SSSR count). The van der Waals surface area contributed by atoms with E-state index < -0.39 is 48.4 Å². The van der Waals surface area contributed by atoms with Gasteiger partial charge in [0.15, 0.2) is 0 Å². The Bertz CT molecular complexity index is 2240. The molecule has 0 heterocycles. The van der Waals surface area contributed by atoms with Crippen LogP contribution in [0.3, 0.4) is 0 Å². The molecule has 230 valence electrons. The summed E-state index contributed by atoms with van der Waals surface area (Å²) < 4.78 is 117. The van der Waals surface area contributed by atoms with Crippen LogP contribution in [0.25, 0.3) is 64.6 Å². The Morgan fingerprint density at radius 1 is 0.435 bits per heavy atom. The summed E-state index contributed by atoms with van der Waals surface area (Å²) in [5.74, 6) is -4.87. The molecule has 0 aromatic heterocycles. The lowest BCUT2D eigenvalue weighted by Gasteiger charge is -2.32. The van der Waals surface area contributed by atoms with Crippen molar-refractivity contribution >= 4 is 82.4 Å². The van der Waals surface area contributed by atoms with Gasteiger partial charge in [-0.15, -0.1) is 0 Å². The molecule has 0 fully saturated rings. The number of benzene rings is 8. The molecule has 0 amide bonds. The molecule has 0 aliphatic rings. The third kappa shape index (κ3) is 4.33. The molecule has 8 aromatic rings. The zero-order chi connectivity index (χ0) is 32.2. The van der Waals surface area contributed by atoms with Crippen LogP contribution in [0.1, 0.15) is 12.8 Å². The lowest BCUT2D eigenvalue weighted by Crippen LogP contribution is -2.38. The standard InChI is InChI=1S/C37H22F7OP/c38-35(39,19-36(40,41)42)20-37(43,44)46(45,29-15-25-11-7-21-3-1-4-22-8-12-26(16-29)33(25)31(21)22)30-17-27-13-9-23-5-2-6-24-10-14-28(18-30)34(27)32(23)24/h1-18H,19-20H2. The van der Waals surface area contributed by atoms with E-state index in [0.717, 1.165) is 43.1 Å². The number of hydrogen-bond donors (Lipinski definition) is 0. The Balaban J connectivity index is 1.42. The van der Waals surface area contributed by atoms with Crippen LogP contribution in [0.2, 0.25) is 0 Å². The highest BCUT2D eigenvalue weighted by Gasteiger charge is 2.59. The van der Waals surface area contributed by atoms with Gasteiger partial charge in [-0.05, 0) is 88.9 Å². The predicted molar refractivity (Wildman–Crippen MR) is 172 cm³/mol. The third-order valence-electron chi connectivity index (χ3n) is 9.01. The Labute approximate surface area is 257 Å². The van der Waals surface area contributed by atoms with Crippen molar-refractivity contribution in [1.82, 2.24) is 0 Å². The van der Waals surface area contributed by atoms with E-state index in [2.05, 4.69) is 0 Å². The van der Waals surface area contributed by atoms with Crippen LogP contribution in [-0.2, 0) is 4.57 Å². The fourth-order valence-electron chi connectivity index (χ4n) is 7.14. The molecule has 0 aliphatic carbocycles. The van der Waals surface area contributed by atoms with E-state index in [9.17, 15) is 22.0 Å². The molecule has 8 aromatic carbocycles. The highest BCUT2D eigenvalue weighted by molar-refractivity contribution is 7.79. The Kier molecular flexibility index (Phi) is 6.02. The molecular formula is C37H22F7OP. The van der Waals surface area contributed by atoms with Gasteiger partial charge in [-0.2, -0.15) is 22.0 Å². The molecule has 0 unspecified atom stereocenters. The number of halogens is 7. The highest BCUT2D eigenvalue weighted by Crippen LogP contribution is 2.63. The maximum atomic E-state index is 16.6. The lowest BCUT2D eigenvalue weighted by molar-refractivity contribution is -0.198. The largest absolute Gasteiger partial charge is 0.394 e. The second-order valence-electron chi connectivity index (χ2n) is 12.1. The van der Waals surface area contributed by atoms with Gasteiger partial charge in [0.2, 0.25) is 7.14 Å². The second kappa shape index (κ2) is 9.55. The zero-order valence-corrected chi connectivity index (χ0v) is 24.7. The molecule has 0 radical (unpaired) electrons. The number of hydrogen-bond acceptors (Lipinski definition) is 1. The van der Waals surface area contributed by atoms with Crippen LogP contribution in [0.4, 0.5) is 30.7 Å². The molecule has 46 heavy (non-hydrogen) atoms. The summed E-state index contributed by atoms with van der Waals surface area (Å²) in [5, 5.41) is 7.84. The SMILES string of the molecule is O=P(c1cc2ccc3cccc4ccc(c1)c2c34)(c1cc2ccc3cccc4ccc(c1)c2c34)C(F)(F)CC(F)(F)CC(F)(F)F. The van der Waals surface area contributed by atoms with Crippen LogP contribution in [-0.4, -0.2) is 17.8 Å². The summed E-state index contributed by atoms with van der Waals surface area (Å²) in [4.78, 5) is 0. The van der Waals surface area contributed by atoms with Crippen molar-refractivity contribution in [3.63, 3.8) is 0 Å². The van der Waals surface area contributed by atoms with E-state index in [1.54, 1.807) is 48.5 Å². The smallest absolute Gasteiger partial charge is 0.307 e. The third-order valence-corrected chi connectivity index (χ3v) is 12.1. The predicted octanol–water partition coefficient (Wildman–Crippen LogP) is 11.4. The molecule has 0 bridgehead atoms. The molecule has 9 heteroatoms. The van der Waals surface area contributed by atoms with E-state index in [4.69, 9.17) is 0 Å². The van der Waals surface area contributed by atoms with Crippen LogP contribution < -0.4 is 10.6 Å². The first-order valence-corrected chi connectivity index (χ1v) is 16.2. The van der Waals surface area contributed by atoms with E-state index in [0.29, 0.717) is 21.5 Å². The van der Waals surface area contributed by atoms with Crippen molar-refractivity contribution in [2.45, 2.75) is 30.6 Å². The molecule has 0 saturated carbocycles. The summed E-state index contributed by atoms with van der Waals surface area (Å²) in [6.07, 6.45) is -10.7. The van der Waals surface area contributed by atoms with Gasteiger partial charge in [0.25, 0.3) is 5.92 Å². The molecule has 0 spiro atoms. The zero-order valence-electron chi connectivity index (χ0n) is 23.8. The van der Waals surface area contributed by atoms with E-state index in [-0.39, 0.29) is 0 Å². The quantitative estimate of drug-likeness (QED) is 0.0998. The summed E-state index contributed by atoms with van der Waals surface area (Å²) in [5.41, 5.74) is -4.75. The van der Waals surface area contributed by atoms with E-state index in [1.807, 2.05) is 36.4 Å². The Hall–Kier alpha value is -4.42. The monoisotopic (exact) mass is 646 g/mol. The van der Waals surface area contributed by atoms with Crippen LogP contribution in [0, 0.1) is 0 Å². The van der Waals surface area contributed by atoms with Crippen molar-refractivity contribution in [3.05, 3.63) is 109 Å². The van der Waals surface area contributed by atoms with Crippen molar-refractivity contribution in [1.29, 1.82) is 0 Å². The summed E-state index contributed by atoms with van der Waals surface area (Å²) in [6.45, 7) is 0. The molecule has 0 N–H and O–H groups in total. The fourth-order valence-corrected chi connectivity index (χ4v) is 9.93. The minimum atomic E-state index is -5.41. The molecule has 0 aliphatic heterocycles. The van der Waals surface area contributed by atoms with Gasteiger partial charge >= 0.3 is 11.8 Å². The summed E-state index contributed by atoms with van der Waals surface area (Å²) >= 11 is 0. The average Bonchev–Trinajstić information content (AvgIpc) is 3.00. The van der Waals surface area contributed by atoms with Gasteiger partial charge in [0.1, 0.15) is 6.42 Å². The first kappa shape index (κ1) is 29.0. The molecule has 0 saturated heterocycles. The fraction of sp³-hybridized carbons (Fsp3) is 0.135. The van der Waals surface area contributed by atoms with Gasteiger partial charge < -0.3 is 4.57 Å². The summed E-state index contributed by atoms with van der Waals surface area (Å²) in [7, 11) is -5.41. The minimum absolute atomic E-state index is 0.404. The second-order valence-corrected chi connectivity index (χ2v) is 15.0. The highest BCUT2D eigenvalue weighted by atomic mass is 31.2. The van der Waals surface area contributed by atoms with Crippen molar-refractivity contribution in [2.24, 2.45) is 0 Å². The maximum absolute atomic E-state index is 16.6. The number of alkyl halides is 7. The average molecular weight is 647 g/mol.